The molecule has 80 heavy (non-hydrogen) atoms. The molecule has 2 spiro atoms. The van der Waals surface area contributed by atoms with Gasteiger partial charge in [0.15, 0.2) is 0 Å². The molecule has 5 fully saturated rings. The number of nitrogens with zero attached hydrogens (tertiary/aromatic N) is 3. The largest absolute Gasteiger partial charge is 0.453 e. The van der Waals surface area contributed by atoms with Crippen molar-refractivity contribution in [3.8, 4) is 33.5 Å². The van der Waals surface area contributed by atoms with Crippen molar-refractivity contribution in [2.45, 2.75) is 192 Å². The molecule has 14 nitrogen and oxygen atoms in total. The second-order valence-electron chi connectivity index (χ2n) is 26.2. The number of aromatic amines is 2. The van der Waals surface area contributed by atoms with Gasteiger partial charge in [0.2, 0.25) is 11.8 Å². The van der Waals surface area contributed by atoms with E-state index in [1.54, 1.807) is 5.56 Å². The molecule has 7 aliphatic rings. The number of aromatic nitrogens is 4. The lowest BCUT2D eigenvalue weighted by Gasteiger charge is -2.34. The lowest BCUT2D eigenvalue weighted by Crippen LogP contribution is -2.52. The van der Waals surface area contributed by atoms with Gasteiger partial charge in [0.05, 0.1) is 43.2 Å². The number of carbonyl (C=O) groups excluding carboxylic acids is 4. The predicted molar refractivity (Wildman–Crippen MR) is 312 cm³/mol. The Balaban J connectivity index is 0.800. The van der Waals surface area contributed by atoms with E-state index in [9.17, 15) is 19.2 Å². The van der Waals surface area contributed by atoms with Gasteiger partial charge in [-0.3, -0.25) is 9.59 Å². The van der Waals surface area contributed by atoms with Gasteiger partial charge in [-0.05, 0) is 181 Å². The first-order valence-electron chi connectivity index (χ1n) is 31.0. The fraction of sp³-hybridized carbons (Fsp3) is 0.606. The van der Waals surface area contributed by atoms with E-state index in [2.05, 4.69) is 82.2 Å². The van der Waals surface area contributed by atoms with Crippen molar-refractivity contribution < 1.29 is 28.7 Å². The van der Waals surface area contributed by atoms with Crippen LogP contribution in [0.25, 0.3) is 44.5 Å². The summed E-state index contributed by atoms with van der Waals surface area (Å²) in [6.45, 7) is 5.54. The number of aryl methyl sites for hydroxylation is 1. The number of amides is 4. The molecular weight excluding hydrogens is 1000 g/mol. The number of ether oxygens (including phenoxy) is 2. The summed E-state index contributed by atoms with van der Waals surface area (Å²) >= 11 is 0. The van der Waals surface area contributed by atoms with Crippen LogP contribution in [0.2, 0.25) is 0 Å². The van der Waals surface area contributed by atoms with Crippen molar-refractivity contribution in [3.05, 3.63) is 82.6 Å². The first kappa shape index (κ1) is 54.4. The molecule has 1 aliphatic heterocycles. The number of hydrogen-bond acceptors (Lipinski definition) is 8. The zero-order valence-electron chi connectivity index (χ0n) is 48.0. The van der Waals surface area contributed by atoms with Crippen LogP contribution >= 0.6 is 0 Å². The summed E-state index contributed by atoms with van der Waals surface area (Å²) in [5.41, 5.74) is 16.3. The van der Waals surface area contributed by atoms with Crippen molar-refractivity contribution in [1.29, 1.82) is 0 Å². The average molecular weight is 1090 g/mol. The molecule has 3 heterocycles. The molecule has 0 radical (unpaired) electrons. The molecule has 14 heteroatoms. The van der Waals surface area contributed by atoms with Crippen LogP contribution in [0.4, 0.5) is 9.59 Å². The molecule has 0 bridgehead atoms. The van der Waals surface area contributed by atoms with Gasteiger partial charge in [-0.2, -0.15) is 0 Å². The molecular formula is C66H86N8O6. The maximum atomic E-state index is 14.6. The standard InChI is InChI=1S/C66H86N8O6/c1-40(37-68-61(75)58(72-63(77)79-3)42-15-7-5-8-16-42)19-26-57-69-53-25-20-44(32-54(53)70-57)45-21-22-46(50-34-65(33-49(45)50)27-11-12-28-65)47-23-24-48(52-36-66(35-51(47)52)29-13-14-30-66)55-38-67-60(71-55)56-31-41(2)39-74(56)62(76)59(73-64(78)80-4)43-17-9-6-10-18-43/h20-25,32,38,40-43,56,58-59H,5-19,26-31,33-37,39H2,1-4H3,(H,67,71)(H,68,75)(H,69,70)(H,72,77)(H,73,78). The predicted octanol–water partition coefficient (Wildman–Crippen LogP) is 12.8. The zero-order valence-corrected chi connectivity index (χ0v) is 48.0. The van der Waals surface area contributed by atoms with Crippen molar-refractivity contribution in [2.24, 2.45) is 34.5 Å². The fourth-order valence-corrected chi connectivity index (χ4v) is 16.5. The highest BCUT2D eigenvalue weighted by Crippen LogP contribution is 2.57. The molecule has 1 saturated heterocycles. The zero-order chi connectivity index (χ0) is 55.1. The third-order valence-electron chi connectivity index (χ3n) is 20.7. The Morgan fingerprint density at radius 1 is 0.688 bits per heavy atom. The van der Waals surface area contributed by atoms with Gasteiger partial charge in [-0.15, -0.1) is 0 Å². The van der Waals surface area contributed by atoms with E-state index in [1.807, 2.05) is 11.1 Å². The molecule has 6 aliphatic carbocycles. The van der Waals surface area contributed by atoms with E-state index in [1.165, 1.54) is 123 Å². The average Bonchev–Trinajstić information content (AvgIpc) is 4.56. The van der Waals surface area contributed by atoms with Crippen molar-refractivity contribution in [2.75, 3.05) is 27.3 Å². The number of benzene rings is 3. The smallest absolute Gasteiger partial charge is 0.407 e. The summed E-state index contributed by atoms with van der Waals surface area (Å²) in [5, 5.41) is 8.94. The number of alkyl carbamates (subject to hydrolysis) is 2. The van der Waals surface area contributed by atoms with Crippen molar-refractivity contribution in [3.63, 3.8) is 0 Å². The van der Waals surface area contributed by atoms with Crippen LogP contribution in [-0.4, -0.2) is 88.2 Å². The number of imidazole rings is 2. The molecule has 5 atom stereocenters. The lowest BCUT2D eigenvalue weighted by molar-refractivity contribution is -0.136. The first-order chi connectivity index (χ1) is 38.9. The van der Waals surface area contributed by atoms with Crippen LogP contribution < -0.4 is 16.0 Å². The van der Waals surface area contributed by atoms with Crippen molar-refractivity contribution >= 4 is 35.0 Å². The summed E-state index contributed by atoms with van der Waals surface area (Å²) in [7, 11) is 2.71. The number of likely N-dealkylation sites (tertiary alicyclic amines) is 1. The van der Waals surface area contributed by atoms with Gasteiger partial charge >= 0.3 is 12.2 Å². The van der Waals surface area contributed by atoms with Gasteiger partial charge in [0.1, 0.15) is 23.7 Å². The number of rotatable bonds is 15. The Kier molecular flexibility index (Phi) is 15.6. The number of H-pyrrole nitrogens is 2. The second-order valence-corrected chi connectivity index (χ2v) is 26.2. The maximum Gasteiger partial charge on any atom is 0.407 e. The number of nitrogens with one attached hydrogen (secondary N) is 5. The number of carbonyl (C=O) groups is 4. The number of fused-ring (bicyclic) bond motifs is 3. The third-order valence-corrected chi connectivity index (χ3v) is 20.7. The fourth-order valence-electron chi connectivity index (χ4n) is 16.5. The molecule has 426 valence electrons. The highest BCUT2D eigenvalue weighted by atomic mass is 16.5. The molecule has 5 aromatic rings. The van der Waals surface area contributed by atoms with E-state index >= 15 is 0 Å². The van der Waals surface area contributed by atoms with E-state index in [0.717, 1.165) is 125 Å². The summed E-state index contributed by atoms with van der Waals surface area (Å²) in [5.74, 6) is 2.37. The summed E-state index contributed by atoms with van der Waals surface area (Å²) < 4.78 is 9.92. The van der Waals surface area contributed by atoms with Gasteiger partial charge in [-0.25, -0.2) is 19.6 Å². The van der Waals surface area contributed by atoms with Crippen LogP contribution in [0.5, 0.6) is 0 Å². The first-order valence-corrected chi connectivity index (χ1v) is 31.0. The SMILES string of the molecule is COC(=O)NC(C(=O)NCC(C)CCc1nc2ccc(-c3ccc(-c4ccc(-c5cnc(C6CC(C)CN6C(=O)C(NC(=O)OC)C6CCCCC6)[nH]5)c5c4CC4(CCCC4)C5)c4c3CC3(CCCC3)C4)cc2[nH]1)C1CCCCC1. The minimum Gasteiger partial charge on any atom is -0.453 e. The van der Waals surface area contributed by atoms with E-state index in [4.69, 9.17) is 19.4 Å². The molecule has 3 aromatic carbocycles. The molecule has 5 unspecified atom stereocenters. The number of hydrogen-bond donors (Lipinski definition) is 5. The van der Waals surface area contributed by atoms with E-state index < -0.39 is 24.3 Å². The summed E-state index contributed by atoms with van der Waals surface area (Å²) in [6, 6.07) is 15.1. The quantitative estimate of drug-likeness (QED) is 0.0686. The van der Waals surface area contributed by atoms with Gasteiger partial charge in [-0.1, -0.05) is 108 Å². The second kappa shape index (κ2) is 23.0. The Morgan fingerprint density at radius 2 is 1.24 bits per heavy atom. The Morgan fingerprint density at radius 3 is 1.85 bits per heavy atom. The van der Waals surface area contributed by atoms with Gasteiger partial charge in [0, 0.05) is 25.1 Å². The minimum atomic E-state index is -0.609. The van der Waals surface area contributed by atoms with Gasteiger partial charge < -0.3 is 40.3 Å². The Bertz CT molecular complexity index is 3100. The third kappa shape index (κ3) is 10.9. The molecule has 2 aromatic heterocycles. The van der Waals surface area contributed by atoms with Gasteiger partial charge in [0.25, 0.3) is 0 Å². The van der Waals surface area contributed by atoms with Crippen LogP contribution in [0.1, 0.15) is 182 Å². The van der Waals surface area contributed by atoms with Crippen LogP contribution in [0.15, 0.2) is 48.7 Å². The molecule has 5 N–H and O–H groups in total. The highest BCUT2D eigenvalue weighted by molar-refractivity contribution is 5.89. The van der Waals surface area contributed by atoms with E-state index in [-0.39, 0.29) is 41.0 Å². The van der Waals surface area contributed by atoms with Crippen LogP contribution in [0, 0.1) is 34.5 Å². The number of methoxy groups -OCH3 is 2. The minimum absolute atomic E-state index is 0.0220. The molecule has 12 rings (SSSR count). The topological polar surface area (TPSA) is 183 Å². The molecule has 4 saturated carbocycles. The summed E-state index contributed by atoms with van der Waals surface area (Å²) in [6.07, 6.45) is 28.4. The van der Waals surface area contributed by atoms with E-state index in [0.29, 0.717) is 24.4 Å². The van der Waals surface area contributed by atoms with Crippen LogP contribution in [-0.2, 0) is 51.2 Å². The normalized spacial score (nSPS) is 22.6. The Hall–Kier alpha value is -6.18. The maximum absolute atomic E-state index is 14.6. The highest BCUT2D eigenvalue weighted by Gasteiger charge is 2.46. The monoisotopic (exact) mass is 1090 g/mol. The summed E-state index contributed by atoms with van der Waals surface area (Å²) in [4.78, 5) is 72.6. The van der Waals surface area contributed by atoms with Crippen LogP contribution in [0.3, 0.4) is 0 Å². The van der Waals surface area contributed by atoms with Crippen molar-refractivity contribution in [1.82, 2.24) is 40.8 Å². The Labute approximate surface area is 472 Å². The molecule has 4 amide bonds. The lowest BCUT2D eigenvalue weighted by atomic mass is 9.82.